The van der Waals surface area contributed by atoms with E-state index in [1.54, 1.807) is 19.2 Å². The molecule has 1 aromatic heterocycles. The van der Waals surface area contributed by atoms with E-state index in [9.17, 15) is 14.0 Å². The Morgan fingerprint density at radius 2 is 1.44 bits per heavy atom. The minimum atomic E-state index is -0.495. The minimum absolute atomic E-state index is 0.00988. The summed E-state index contributed by atoms with van der Waals surface area (Å²) in [5.41, 5.74) is 1.25. The fraction of sp³-hybridized carbons (Fsp3) is 0.628. The molecule has 0 bridgehead atoms. The molecule has 0 saturated carbocycles. The van der Waals surface area contributed by atoms with Crippen LogP contribution in [0.25, 0.3) is 10.9 Å². The summed E-state index contributed by atoms with van der Waals surface area (Å²) in [5, 5.41) is 3.92. The highest BCUT2D eigenvalue weighted by atomic mass is 35.5. The number of esters is 1. The second kappa shape index (κ2) is 25.5. The van der Waals surface area contributed by atoms with Gasteiger partial charge < -0.3 is 24.4 Å². The van der Waals surface area contributed by atoms with Crippen molar-refractivity contribution in [1.29, 1.82) is 0 Å². The highest BCUT2D eigenvalue weighted by Gasteiger charge is 2.22. The Bertz CT molecular complexity index is 1590. The van der Waals surface area contributed by atoms with Gasteiger partial charge >= 0.3 is 5.97 Å². The number of halogens is 2. The number of amides is 1. The number of fused-ring (bicyclic) bond motifs is 1. The van der Waals surface area contributed by atoms with Gasteiger partial charge in [0.15, 0.2) is 11.5 Å². The van der Waals surface area contributed by atoms with E-state index in [0.717, 1.165) is 38.9 Å². The second-order valence-corrected chi connectivity index (χ2v) is 15.0. The lowest BCUT2D eigenvalue weighted by atomic mass is 10.0. The van der Waals surface area contributed by atoms with E-state index >= 15 is 0 Å². The summed E-state index contributed by atoms with van der Waals surface area (Å²) in [6, 6.07) is 8.02. The summed E-state index contributed by atoms with van der Waals surface area (Å²) in [7, 11) is 1.58. The third-order valence-corrected chi connectivity index (χ3v) is 10.5. The molecule has 1 amide bonds. The highest BCUT2D eigenvalue weighted by Crippen LogP contribution is 2.35. The van der Waals surface area contributed by atoms with Crippen molar-refractivity contribution in [3.8, 4) is 11.5 Å². The molecule has 4 rings (SSSR count). The predicted octanol–water partition coefficient (Wildman–Crippen LogP) is 10.3. The van der Waals surface area contributed by atoms with E-state index in [4.69, 9.17) is 25.8 Å². The number of benzene rings is 2. The molecule has 12 heteroatoms. The molecule has 0 aliphatic carbocycles. The van der Waals surface area contributed by atoms with Crippen LogP contribution in [0.4, 0.5) is 15.9 Å². The standard InChI is InChI=1S/C43H63ClFN5O5/c1-3-4-5-6-7-8-9-10-11-12-13-14-15-16-17-28-55-42(52)22-21-41(51)50-26-24-49(25-27-50)23-18-29-54-40-31-35-38(32-39(40)53-2)46-33-47-43(35)48-34-19-20-37(45)36(44)30-34/h19-20,30-33H,3-18,21-29H2,1-2H3,(H,46,47,48). The van der Waals surface area contributed by atoms with Crippen molar-refractivity contribution in [3.63, 3.8) is 0 Å². The molecular weight excluding hydrogens is 721 g/mol. The third kappa shape index (κ3) is 16.1. The van der Waals surface area contributed by atoms with Crippen LogP contribution < -0.4 is 14.8 Å². The maximum Gasteiger partial charge on any atom is 0.306 e. The van der Waals surface area contributed by atoms with Gasteiger partial charge in [-0.1, -0.05) is 108 Å². The van der Waals surface area contributed by atoms with Crippen molar-refractivity contribution in [3.05, 3.63) is 47.5 Å². The van der Waals surface area contributed by atoms with Crippen LogP contribution in [0, 0.1) is 5.82 Å². The lowest BCUT2D eigenvalue weighted by Crippen LogP contribution is -2.49. The number of hydrogen-bond donors (Lipinski definition) is 1. The average Bonchev–Trinajstić information content (AvgIpc) is 3.20. The van der Waals surface area contributed by atoms with E-state index in [1.807, 2.05) is 11.0 Å². The van der Waals surface area contributed by atoms with E-state index in [0.29, 0.717) is 60.2 Å². The Balaban J connectivity index is 1.03. The largest absolute Gasteiger partial charge is 0.493 e. The summed E-state index contributed by atoms with van der Waals surface area (Å²) in [6.45, 7) is 6.83. The number of carbonyl (C=O) groups is 2. The topological polar surface area (TPSA) is 106 Å². The summed E-state index contributed by atoms with van der Waals surface area (Å²) in [4.78, 5) is 38.0. The molecule has 10 nitrogen and oxygen atoms in total. The highest BCUT2D eigenvalue weighted by molar-refractivity contribution is 6.31. The Morgan fingerprint density at radius 3 is 2.07 bits per heavy atom. The molecule has 0 unspecified atom stereocenters. The van der Waals surface area contributed by atoms with Crippen LogP contribution in [0.1, 0.15) is 122 Å². The average molecular weight is 784 g/mol. The van der Waals surface area contributed by atoms with E-state index in [-0.39, 0.29) is 29.7 Å². The number of methoxy groups -OCH3 is 1. The number of aromatic nitrogens is 2. The van der Waals surface area contributed by atoms with Gasteiger partial charge in [0.2, 0.25) is 5.91 Å². The van der Waals surface area contributed by atoms with E-state index in [2.05, 4.69) is 27.1 Å². The minimum Gasteiger partial charge on any atom is -0.493 e. The molecule has 1 saturated heterocycles. The molecule has 2 aromatic carbocycles. The predicted molar refractivity (Wildman–Crippen MR) is 219 cm³/mol. The van der Waals surface area contributed by atoms with Gasteiger partial charge in [0.25, 0.3) is 0 Å². The molecular formula is C43H63ClFN5O5. The smallest absolute Gasteiger partial charge is 0.306 e. The SMILES string of the molecule is CCCCCCCCCCCCCCCCCOC(=O)CCC(=O)N1CCN(CCCOc2cc3c(Nc4ccc(F)c(Cl)c4)ncnc3cc2OC)CC1. The van der Waals surface area contributed by atoms with Crippen LogP contribution in [0.15, 0.2) is 36.7 Å². The molecule has 1 fully saturated rings. The van der Waals surface area contributed by atoms with E-state index < -0.39 is 5.82 Å². The Hall–Kier alpha value is -3.70. The summed E-state index contributed by atoms with van der Waals surface area (Å²) in [6.07, 6.45) is 22.1. The van der Waals surface area contributed by atoms with Gasteiger partial charge in [0, 0.05) is 56.3 Å². The van der Waals surface area contributed by atoms with Crippen LogP contribution in [0.2, 0.25) is 5.02 Å². The fourth-order valence-corrected chi connectivity index (χ4v) is 7.12. The first-order chi connectivity index (χ1) is 26.9. The maximum absolute atomic E-state index is 13.7. The van der Waals surface area contributed by atoms with E-state index in [1.165, 1.54) is 102 Å². The van der Waals surface area contributed by atoms with Crippen LogP contribution in [-0.4, -0.2) is 84.7 Å². The van der Waals surface area contributed by atoms with Gasteiger partial charge in [-0.15, -0.1) is 0 Å². The molecule has 3 aromatic rings. The normalized spacial score (nSPS) is 13.3. The van der Waals surface area contributed by atoms with Crippen molar-refractivity contribution in [2.45, 2.75) is 122 Å². The first kappa shape index (κ1) is 44.0. The number of piperazine rings is 1. The number of carbonyl (C=O) groups excluding carboxylic acids is 2. The van der Waals surface area contributed by atoms with Gasteiger partial charge in [0.1, 0.15) is 18.0 Å². The summed E-state index contributed by atoms with van der Waals surface area (Å²) < 4.78 is 30.8. The van der Waals surface area contributed by atoms with Gasteiger partial charge in [-0.25, -0.2) is 14.4 Å². The van der Waals surface area contributed by atoms with Crippen LogP contribution in [-0.2, 0) is 14.3 Å². The molecule has 0 atom stereocenters. The number of unbranched alkanes of at least 4 members (excludes halogenated alkanes) is 14. The lowest BCUT2D eigenvalue weighted by molar-refractivity contribution is -0.146. The second-order valence-electron chi connectivity index (χ2n) is 14.6. The zero-order valence-electron chi connectivity index (χ0n) is 33.2. The molecule has 2 heterocycles. The van der Waals surface area contributed by atoms with Gasteiger partial charge in [-0.05, 0) is 37.1 Å². The van der Waals surface area contributed by atoms with Crippen molar-refractivity contribution < 1.29 is 28.2 Å². The summed E-state index contributed by atoms with van der Waals surface area (Å²) >= 11 is 5.96. The van der Waals surface area contributed by atoms with Crippen molar-refractivity contribution in [2.24, 2.45) is 0 Å². The zero-order chi connectivity index (χ0) is 39.1. The number of nitrogens with zero attached hydrogens (tertiary/aromatic N) is 4. The zero-order valence-corrected chi connectivity index (χ0v) is 34.0. The monoisotopic (exact) mass is 783 g/mol. The Labute approximate surface area is 332 Å². The first-order valence-corrected chi connectivity index (χ1v) is 21.1. The lowest BCUT2D eigenvalue weighted by Gasteiger charge is -2.34. The van der Waals surface area contributed by atoms with Gasteiger partial charge in [-0.3, -0.25) is 14.5 Å². The number of ether oxygens (including phenoxy) is 3. The number of anilines is 2. The van der Waals surface area contributed by atoms with Crippen LogP contribution >= 0.6 is 11.6 Å². The fourth-order valence-electron chi connectivity index (χ4n) is 6.94. The van der Waals surface area contributed by atoms with Gasteiger partial charge in [-0.2, -0.15) is 0 Å². The van der Waals surface area contributed by atoms with Crippen LogP contribution in [0.3, 0.4) is 0 Å². The molecule has 55 heavy (non-hydrogen) atoms. The third-order valence-electron chi connectivity index (χ3n) is 10.3. The number of hydrogen-bond acceptors (Lipinski definition) is 9. The Kier molecular flexibility index (Phi) is 20.4. The number of rotatable bonds is 27. The van der Waals surface area contributed by atoms with Crippen molar-refractivity contribution >= 4 is 45.9 Å². The van der Waals surface area contributed by atoms with Gasteiger partial charge in [0.05, 0.1) is 37.3 Å². The quantitative estimate of drug-likeness (QED) is 0.0597. The molecule has 1 aliphatic heterocycles. The molecule has 0 radical (unpaired) electrons. The van der Waals surface area contributed by atoms with Crippen molar-refractivity contribution in [1.82, 2.24) is 19.8 Å². The van der Waals surface area contributed by atoms with Crippen molar-refractivity contribution in [2.75, 3.05) is 58.4 Å². The first-order valence-electron chi connectivity index (χ1n) is 20.7. The summed E-state index contributed by atoms with van der Waals surface area (Å²) in [5.74, 6) is 0.885. The molecule has 1 aliphatic rings. The maximum atomic E-state index is 13.7. The number of nitrogens with one attached hydrogen (secondary N) is 1. The molecule has 304 valence electrons. The Morgan fingerprint density at radius 1 is 0.782 bits per heavy atom. The molecule has 0 spiro atoms. The molecule has 1 N–H and O–H groups in total. The van der Waals surface area contributed by atoms with Crippen LogP contribution in [0.5, 0.6) is 11.5 Å².